The summed E-state index contributed by atoms with van der Waals surface area (Å²) in [7, 11) is 1.56. The number of anilines is 1. The molecule has 0 unspecified atom stereocenters. The molecule has 3 heterocycles. The molecule has 0 N–H and O–H groups in total. The lowest BCUT2D eigenvalue weighted by atomic mass is 10.0. The van der Waals surface area contributed by atoms with Crippen molar-refractivity contribution in [2.45, 2.75) is 25.8 Å². The zero-order valence-corrected chi connectivity index (χ0v) is 15.1. The molecule has 1 saturated heterocycles. The van der Waals surface area contributed by atoms with Crippen LogP contribution in [0.3, 0.4) is 0 Å². The summed E-state index contributed by atoms with van der Waals surface area (Å²) in [6.45, 7) is 3.41. The van der Waals surface area contributed by atoms with Gasteiger partial charge in [-0.25, -0.2) is 9.97 Å². The summed E-state index contributed by atoms with van der Waals surface area (Å²) in [6, 6.07) is 10.1. The van der Waals surface area contributed by atoms with Crippen LogP contribution in [0.2, 0.25) is 0 Å². The van der Waals surface area contributed by atoms with E-state index >= 15 is 0 Å². The second-order valence-corrected chi connectivity index (χ2v) is 6.85. The molecule has 1 aromatic heterocycles. The highest BCUT2D eigenvalue weighted by Gasteiger charge is 2.28. The van der Waals surface area contributed by atoms with Crippen LogP contribution in [0.15, 0.2) is 30.3 Å². The molecule has 1 fully saturated rings. The summed E-state index contributed by atoms with van der Waals surface area (Å²) in [4.78, 5) is 26.2. The number of ether oxygens (including phenoxy) is 1. The summed E-state index contributed by atoms with van der Waals surface area (Å²) >= 11 is 0. The smallest absolute Gasteiger partial charge is 0.248 e. The monoisotopic (exact) mass is 352 g/mol. The maximum atomic E-state index is 12.3. The van der Waals surface area contributed by atoms with Gasteiger partial charge in [0.25, 0.3) is 0 Å². The van der Waals surface area contributed by atoms with Gasteiger partial charge in [-0.3, -0.25) is 4.79 Å². The molecule has 136 valence electrons. The Labute approximate surface area is 153 Å². The number of fused-ring (bicyclic) bond motifs is 1. The zero-order valence-electron chi connectivity index (χ0n) is 15.1. The minimum Gasteiger partial charge on any atom is -0.375 e. The number of hydrogen-bond donors (Lipinski definition) is 0. The van der Waals surface area contributed by atoms with Gasteiger partial charge in [-0.1, -0.05) is 30.3 Å². The zero-order chi connectivity index (χ0) is 17.9. The number of carbonyl (C=O) groups is 1. The molecule has 1 amide bonds. The van der Waals surface area contributed by atoms with Crippen molar-refractivity contribution < 1.29 is 9.53 Å². The maximum Gasteiger partial charge on any atom is 0.248 e. The Morgan fingerprint density at radius 3 is 2.62 bits per heavy atom. The molecule has 2 aromatic rings. The Hall–Kier alpha value is -2.47. The van der Waals surface area contributed by atoms with Gasteiger partial charge >= 0.3 is 0 Å². The molecule has 6 heteroatoms. The predicted molar refractivity (Wildman–Crippen MR) is 99.9 cm³/mol. The average Bonchev–Trinajstić information content (AvgIpc) is 3.22. The molecule has 1 aromatic carbocycles. The number of rotatable bonds is 4. The number of benzene rings is 1. The van der Waals surface area contributed by atoms with Gasteiger partial charge in [-0.2, -0.15) is 0 Å². The van der Waals surface area contributed by atoms with Crippen molar-refractivity contribution in [3.8, 4) is 11.4 Å². The number of nitrogens with zero attached hydrogens (tertiary/aromatic N) is 4. The minimum absolute atomic E-state index is 0.0256. The van der Waals surface area contributed by atoms with E-state index in [1.165, 1.54) is 12.8 Å². The van der Waals surface area contributed by atoms with Crippen molar-refractivity contribution in [2.75, 3.05) is 38.3 Å². The van der Waals surface area contributed by atoms with Gasteiger partial charge in [0.05, 0.1) is 12.2 Å². The van der Waals surface area contributed by atoms with Crippen LogP contribution < -0.4 is 4.90 Å². The van der Waals surface area contributed by atoms with E-state index in [1.54, 1.807) is 7.11 Å². The lowest BCUT2D eigenvalue weighted by molar-refractivity contribution is -0.136. The van der Waals surface area contributed by atoms with Crippen LogP contribution in [0, 0.1) is 0 Å². The molecule has 2 aliphatic rings. The topological polar surface area (TPSA) is 58.6 Å². The number of hydrogen-bond acceptors (Lipinski definition) is 5. The van der Waals surface area contributed by atoms with E-state index in [4.69, 9.17) is 14.7 Å². The first kappa shape index (κ1) is 17.0. The van der Waals surface area contributed by atoms with Crippen molar-refractivity contribution in [3.63, 3.8) is 0 Å². The fourth-order valence-corrected chi connectivity index (χ4v) is 3.73. The standard InChI is InChI=1S/C20H24N4O2/c1-26-14-18(25)24-12-9-17-16(13-24)20(23-10-5-6-11-23)22-19(21-17)15-7-3-2-4-8-15/h2-4,7-8H,5-6,9-14H2,1H3. The lowest BCUT2D eigenvalue weighted by Crippen LogP contribution is -2.39. The average molecular weight is 352 g/mol. The highest BCUT2D eigenvalue weighted by Crippen LogP contribution is 2.31. The lowest BCUT2D eigenvalue weighted by Gasteiger charge is -2.31. The third kappa shape index (κ3) is 3.29. The number of aromatic nitrogens is 2. The summed E-state index contributed by atoms with van der Waals surface area (Å²) < 4.78 is 5.02. The minimum atomic E-state index is 0.0256. The Morgan fingerprint density at radius 1 is 1.12 bits per heavy atom. The fourth-order valence-electron chi connectivity index (χ4n) is 3.73. The van der Waals surface area contributed by atoms with Crippen LogP contribution >= 0.6 is 0 Å². The fraction of sp³-hybridized carbons (Fsp3) is 0.450. The molecule has 6 nitrogen and oxygen atoms in total. The number of carbonyl (C=O) groups excluding carboxylic acids is 1. The molecular weight excluding hydrogens is 328 g/mol. The highest BCUT2D eigenvalue weighted by atomic mass is 16.5. The molecule has 0 bridgehead atoms. The Bertz CT molecular complexity index is 788. The third-order valence-corrected chi connectivity index (χ3v) is 5.10. The van der Waals surface area contributed by atoms with E-state index in [-0.39, 0.29) is 12.5 Å². The van der Waals surface area contributed by atoms with Gasteiger partial charge in [0.2, 0.25) is 5.91 Å². The Morgan fingerprint density at radius 2 is 1.88 bits per heavy atom. The number of methoxy groups -OCH3 is 1. The molecule has 0 aliphatic carbocycles. The second kappa shape index (κ2) is 7.41. The van der Waals surface area contributed by atoms with Gasteiger partial charge in [-0.15, -0.1) is 0 Å². The van der Waals surface area contributed by atoms with Gasteiger partial charge in [0.1, 0.15) is 12.4 Å². The first-order chi connectivity index (χ1) is 12.8. The van der Waals surface area contributed by atoms with Gasteiger partial charge < -0.3 is 14.5 Å². The highest BCUT2D eigenvalue weighted by molar-refractivity contribution is 5.78. The van der Waals surface area contributed by atoms with E-state index in [0.717, 1.165) is 48.0 Å². The predicted octanol–water partition coefficient (Wildman–Crippen LogP) is 2.27. The molecule has 0 radical (unpaired) electrons. The van der Waals surface area contributed by atoms with Crippen LogP contribution in [0.1, 0.15) is 24.1 Å². The van der Waals surface area contributed by atoms with Gasteiger partial charge in [0, 0.05) is 44.3 Å². The van der Waals surface area contributed by atoms with E-state index < -0.39 is 0 Å². The Kier molecular flexibility index (Phi) is 4.84. The van der Waals surface area contributed by atoms with E-state index in [1.807, 2.05) is 35.2 Å². The van der Waals surface area contributed by atoms with Crippen molar-refractivity contribution in [3.05, 3.63) is 41.6 Å². The van der Waals surface area contributed by atoms with Crippen LogP contribution in [-0.2, 0) is 22.5 Å². The quantitative estimate of drug-likeness (QED) is 0.845. The van der Waals surface area contributed by atoms with E-state index in [0.29, 0.717) is 13.1 Å². The first-order valence-corrected chi connectivity index (χ1v) is 9.23. The molecule has 0 atom stereocenters. The second-order valence-electron chi connectivity index (χ2n) is 6.85. The maximum absolute atomic E-state index is 12.3. The van der Waals surface area contributed by atoms with Crippen molar-refractivity contribution in [2.24, 2.45) is 0 Å². The van der Waals surface area contributed by atoms with Gasteiger partial charge in [-0.05, 0) is 12.8 Å². The van der Waals surface area contributed by atoms with E-state index in [9.17, 15) is 4.79 Å². The third-order valence-electron chi connectivity index (χ3n) is 5.10. The van der Waals surface area contributed by atoms with Gasteiger partial charge in [0.15, 0.2) is 5.82 Å². The number of amides is 1. The molecule has 0 saturated carbocycles. The van der Waals surface area contributed by atoms with Crippen LogP contribution in [-0.4, -0.2) is 54.1 Å². The van der Waals surface area contributed by atoms with Crippen molar-refractivity contribution in [1.82, 2.24) is 14.9 Å². The van der Waals surface area contributed by atoms with Crippen molar-refractivity contribution >= 4 is 11.7 Å². The summed E-state index contributed by atoms with van der Waals surface area (Å²) in [5.41, 5.74) is 3.21. The van der Waals surface area contributed by atoms with Crippen molar-refractivity contribution in [1.29, 1.82) is 0 Å². The molecule has 26 heavy (non-hydrogen) atoms. The van der Waals surface area contributed by atoms with Crippen LogP contribution in [0.5, 0.6) is 0 Å². The summed E-state index contributed by atoms with van der Waals surface area (Å²) in [6.07, 6.45) is 3.13. The largest absolute Gasteiger partial charge is 0.375 e. The van der Waals surface area contributed by atoms with E-state index in [2.05, 4.69) is 4.90 Å². The van der Waals surface area contributed by atoms with Crippen LogP contribution in [0.25, 0.3) is 11.4 Å². The molecule has 4 rings (SSSR count). The SMILES string of the molecule is COCC(=O)N1CCc2nc(-c3ccccc3)nc(N3CCCC3)c2C1. The molecular formula is C20H24N4O2. The first-order valence-electron chi connectivity index (χ1n) is 9.23. The summed E-state index contributed by atoms with van der Waals surface area (Å²) in [5, 5.41) is 0. The molecule has 2 aliphatic heterocycles. The normalized spacial score (nSPS) is 16.7. The van der Waals surface area contributed by atoms with Crippen LogP contribution in [0.4, 0.5) is 5.82 Å². The Balaban J connectivity index is 1.73. The molecule has 0 spiro atoms. The summed E-state index contributed by atoms with van der Waals surface area (Å²) in [5.74, 6) is 1.81.